The van der Waals surface area contributed by atoms with Crippen LogP contribution in [0, 0.1) is 0 Å². The molecule has 0 amide bonds. The molecule has 1 N–H and O–H groups in total. The molecule has 2 fully saturated rings. The predicted octanol–water partition coefficient (Wildman–Crippen LogP) is -0.757. The van der Waals surface area contributed by atoms with Crippen LogP contribution in [0.25, 0.3) is 0 Å². The molecule has 2 aliphatic rings. The minimum Gasteiger partial charge on any atom is -0.310 e. The lowest BCUT2D eigenvalue weighted by Gasteiger charge is -2.36. The first-order valence-corrected chi connectivity index (χ1v) is 6.73. The Morgan fingerprint density at radius 3 is 3.00 bits per heavy atom. The van der Waals surface area contributed by atoms with Crippen LogP contribution >= 0.6 is 0 Å². The van der Waals surface area contributed by atoms with Crippen LogP contribution in [-0.4, -0.2) is 56.5 Å². The first-order chi connectivity index (χ1) is 6.62. The molecule has 0 radical (unpaired) electrons. The zero-order valence-electron chi connectivity index (χ0n) is 8.15. The van der Waals surface area contributed by atoms with E-state index in [9.17, 15) is 8.42 Å². The SMILES string of the molecule is C=CCN1CCN[C@H]2CS(=O)(=O)C[C@H]21. The Hall–Kier alpha value is -0.390. The van der Waals surface area contributed by atoms with Gasteiger partial charge < -0.3 is 5.32 Å². The summed E-state index contributed by atoms with van der Waals surface area (Å²) in [7, 11) is -2.82. The minimum absolute atomic E-state index is 0.133. The lowest BCUT2D eigenvalue weighted by Crippen LogP contribution is -2.57. The van der Waals surface area contributed by atoms with E-state index in [1.807, 2.05) is 6.08 Å². The van der Waals surface area contributed by atoms with E-state index in [2.05, 4.69) is 16.8 Å². The minimum atomic E-state index is -2.82. The topological polar surface area (TPSA) is 49.4 Å². The third-order valence-electron chi connectivity index (χ3n) is 2.96. The number of sulfone groups is 1. The molecule has 0 aromatic carbocycles. The number of fused-ring (bicyclic) bond motifs is 1. The van der Waals surface area contributed by atoms with E-state index in [1.54, 1.807) is 0 Å². The average molecular weight is 216 g/mol. The fourth-order valence-corrected chi connectivity index (χ4v) is 4.32. The van der Waals surface area contributed by atoms with Crippen molar-refractivity contribution in [1.82, 2.24) is 10.2 Å². The van der Waals surface area contributed by atoms with Gasteiger partial charge in [-0.25, -0.2) is 8.42 Å². The van der Waals surface area contributed by atoms with Crippen LogP contribution in [0.15, 0.2) is 12.7 Å². The molecule has 2 rings (SSSR count). The first kappa shape index (κ1) is 10.1. The van der Waals surface area contributed by atoms with Gasteiger partial charge >= 0.3 is 0 Å². The first-order valence-electron chi connectivity index (χ1n) is 4.91. The highest BCUT2D eigenvalue weighted by Crippen LogP contribution is 2.20. The van der Waals surface area contributed by atoms with Crippen LogP contribution in [0.5, 0.6) is 0 Å². The zero-order chi connectivity index (χ0) is 10.2. The van der Waals surface area contributed by atoms with E-state index in [4.69, 9.17) is 0 Å². The van der Waals surface area contributed by atoms with Gasteiger partial charge in [0.05, 0.1) is 11.5 Å². The van der Waals surface area contributed by atoms with E-state index in [1.165, 1.54) is 0 Å². The molecular weight excluding hydrogens is 200 g/mol. The molecular formula is C9H16N2O2S. The van der Waals surface area contributed by atoms with E-state index in [0.717, 1.165) is 19.6 Å². The Bertz CT molecular complexity index is 326. The Balaban J connectivity index is 2.14. The Morgan fingerprint density at radius 2 is 2.29 bits per heavy atom. The molecule has 0 unspecified atom stereocenters. The molecule has 0 aliphatic carbocycles. The molecule has 5 heteroatoms. The third kappa shape index (κ3) is 1.85. The van der Waals surface area contributed by atoms with Crippen molar-refractivity contribution >= 4 is 9.84 Å². The van der Waals surface area contributed by atoms with Gasteiger partial charge in [0.1, 0.15) is 0 Å². The third-order valence-corrected chi connectivity index (χ3v) is 4.68. The summed E-state index contributed by atoms with van der Waals surface area (Å²) >= 11 is 0. The van der Waals surface area contributed by atoms with Gasteiger partial charge in [0.2, 0.25) is 0 Å². The maximum absolute atomic E-state index is 11.5. The van der Waals surface area contributed by atoms with Crippen molar-refractivity contribution in [3.63, 3.8) is 0 Å². The number of piperazine rings is 1. The number of nitrogens with zero attached hydrogens (tertiary/aromatic N) is 1. The summed E-state index contributed by atoms with van der Waals surface area (Å²) in [5.74, 6) is 0.601. The van der Waals surface area contributed by atoms with Gasteiger partial charge in [-0.1, -0.05) is 6.08 Å². The normalized spacial score (nSPS) is 36.6. The molecule has 80 valence electrons. The fraction of sp³-hybridized carbons (Fsp3) is 0.778. The summed E-state index contributed by atoms with van der Waals surface area (Å²) in [6.07, 6.45) is 1.84. The van der Waals surface area contributed by atoms with Gasteiger partial charge in [-0.05, 0) is 0 Å². The standard InChI is InChI=1S/C9H16N2O2S/c1-2-4-11-5-3-10-8-6-14(12,13)7-9(8)11/h2,8-10H,1,3-7H2/t8-,9+/m0/s1. The highest BCUT2D eigenvalue weighted by molar-refractivity contribution is 7.91. The molecule has 2 aliphatic heterocycles. The van der Waals surface area contributed by atoms with Gasteiger partial charge in [-0.2, -0.15) is 0 Å². The summed E-state index contributed by atoms with van der Waals surface area (Å²) in [5.41, 5.74) is 0. The van der Waals surface area contributed by atoms with E-state index < -0.39 is 9.84 Å². The summed E-state index contributed by atoms with van der Waals surface area (Å²) in [6.45, 7) is 6.28. The van der Waals surface area contributed by atoms with Crippen molar-refractivity contribution in [1.29, 1.82) is 0 Å². The second-order valence-electron chi connectivity index (χ2n) is 3.99. The van der Waals surface area contributed by atoms with Crippen molar-refractivity contribution in [2.24, 2.45) is 0 Å². The molecule has 0 spiro atoms. The Kier molecular flexibility index (Phi) is 2.64. The highest BCUT2D eigenvalue weighted by atomic mass is 32.2. The number of nitrogens with one attached hydrogen (secondary N) is 1. The van der Waals surface area contributed by atoms with Gasteiger partial charge in [0, 0.05) is 31.7 Å². The summed E-state index contributed by atoms with van der Waals surface area (Å²) in [5, 5.41) is 3.27. The zero-order valence-corrected chi connectivity index (χ0v) is 8.96. The lowest BCUT2D eigenvalue weighted by molar-refractivity contribution is 0.165. The average Bonchev–Trinajstić information content (AvgIpc) is 2.41. The number of hydrogen-bond donors (Lipinski definition) is 1. The van der Waals surface area contributed by atoms with Crippen molar-refractivity contribution in [2.45, 2.75) is 12.1 Å². The molecule has 14 heavy (non-hydrogen) atoms. The largest absolute Gasteiger partial charge is 0.310 e. The van der Waals surface area contributed by atoms with Crippen LogP contribution in [0.4, 0.5) is 0 Å². The predicted molar refractivity (Wildman–Crippen MR) is 56.0 cm³/mol. The lowest BCUT2D eigenvalue weighted by atomic mass is 10.1. The van der Waals surface area contributed by atoms with Gasteiger partial charge in [-0.15, -0.1) is 6.58 Å². The van der Waals surface area contributed by atoms with Crippen molar-refractivity contribution in [2.75, 3.05) is 31.1 Å². The molecule has 0 bridgehead atoms. The molecule has 2 heterocycles. The Labute approximate surface area is 84.9 Å². The van der Waals surface area contributed by atoms with Gasteiger partial charge in [-0.3, -0.25) is 4.90 Å². The number of hydrogen-bond acceptors (Lipinski definition) is 4. The van der Waals surface area contributed by atoms with Crippen molar-refractivity contribution < 1.29 is 8.42 Å². The van der Waals surface area contributed by atoms with Crippen LogP contribution in [-0.2, 0) is 9.84 Å². The smallest absolute Gasteiger partial charge is 0.153 e. The summed E-state index contributed by atoms with van der Waals surface area (Å²) < 4.78 is 22.9. The number of rotatable bonds is 2. The second-order valence-corrected chi connectivity index (χ2v) is 6.14. The van der Waals surface area contributed by atoms with E-state index in [0.29, 0.717) is 11.5 Å². The maximum Gasteiger partial charge on any atom is 0.153 e. The van der Waals surface area contributed by atoms with Crippen molar-refractivity contribution in [3.8, 4) is 0 Å². The molecule has 2 atom stereocenters. The van der Waals surface area contributed by atoms with Crippen LogP contribution < -0.4 is 5.32 Å². The highest BCUT2D eigenvalue weighted by Gasteiger charge is 2.42. The fourth-order valence-electron chi connectivity index (χ4n) is 2.34. The quantitative estimate of drug-likeness (QED) is 0.617. The van der Waals surface area contributed by atoms with Crippen molar-refractivity contribution in [3.05, 3.63) is 12.7 Å². The molecule has 4 nitrogen and oxygen atoms in total. The van der Waals surface area contributed by atoms with E-state index >= 15 is 0 Å². The van der Waals surface area contributed by atoms with Crippen LogP contribution in [0.2, 0.25) is 0 Å². The molecule has 2 saturated heterocycles. The van der Waals surface area contributed by atoms with E-state index in [-0.39, 0.29) is 12.1 Å². The Morgan fingerprint density at radius 1 is 1.50 bits per heavy atom. The van der Waals surface area contributed by atoms with Gasteiger partial charge in [0.15, 0.2) is 9.84 Å². The van der Waals surface area contributed by atoms with Crippen LogP contribution in [0.3, 0.4) is 0 Å². The monoisotopic (exact) mass is 216 g/mol. The molecule has 0 aromatic rings. The second kappa shape index (κ2) is 3.64. The maximum atomic E-state index is 11.5. The van der Waals surface area contributed by atoms with Gasteiger partial charge in [0.25, 0.3) is 0 Å². The summed E-state index contributed by atoms with van der Waals surface area (Å²) in [4.78, 5) is 2.21. The molecule has 0 aromatic heterocycles. The van der Waals surface area contributed by atoms with Crippen LogP contribution in [0.1, 0.15) is 0 Å². The molecule has 0 saturated carbocycles. The summed E-state index contributed by atoms with van der Waals surface area (Å²) in [6, 6.07) is 0.292.